The maximum absolute atomic E-state index is 11.8. The first-order valence-electron chi connectivity index (χ1n) is 6.36. The molecule has 2 fully saturated rings. The Hall–Kier alpha value is -0.610. The molecule has 16 heavy (non-hydrogen) atoms. The summed E-state index contributed by atoms with van der Waals surface area (Å²) in [5.41, 5.74) is 0. The smallest absolute Gasteiger partial charge is 0.219 e. The van der Waals surface area contributed by atoms with Gasteiger partial charge in [0.05, 0.1) is 0 Å². The minimum absolute atomic E-state index is 0.223. The Morgan fingerprint density at radius 2 is 2.00 bits per heavy atom. The lowest BCUT2D eigenvalue weighted by molar-refractivity contribution is -0.136. The van der Waals surface area contributed by atoms with E-state index in [1.54, 1.807) is 6.92 Å². The highest BCUT2D eigenvalue weighted by molar-refractivity contribution is 5.74. The lowest BCUT2D eigenvalue weighted by atomic mass is 9.99. The van der Waals surface area contributed by atoms with Crippen LogP contribution in [-0.4, -0.2) is 49.2 Å². The second-order valence-corrected chi connectivity index (χ2v) is 4.77. The summed E-state index contributed by atoms with van der Waals surface area (Å²) in [5.74, 6) is 0.223. The Bertz CT molecular complexity index is 215. The molecule has 2 rings (SSSR count). The van der Waals surface area contributed by atoms with E-state index in [0.717, 1.165) is 45.6 Å². The molecule has 2 aliphatic heterocycles. The van der Waals surface area contributed by atoms with Gasteiger partial charge in [0.2, 0.25) is 5.91 Å². The largest absolute Gasteiger partial charge is 0.381 e. The van der Waals surface area contributed by atoms with Crippen LogP contribution in [0, 0.1) is 0 Å². The van der Waals surface area contributed by atoms with Crippen LogP contribution in [0.15, 0.2) is 0 Å². The van der Waals surface area contributed by atoms with Crippen molar-refractivity contribution in [3.05, 3.63) is 0 Å². The van der Waals surface area contributed by atoms with Gasteiger partial charge in [-0.15, -0.1) is 0 Å². The Balaban J connectivity index is 1.99. The summed E-state index contributed by atoms with van der Waals surface area (Å²) in [6, 6.07) is 0.797. The second kappa shape index (κ2) is 5.64. The van der Waals surface area contributed by atoms with Crippen molar-refractivity contribution in [2.75, 3.05) is 26.3 Å². The standard InChI is InChI=1S/C12H22N2O2/c1-10(15)14(11-4-7-16-8-5-11)12-3-2-6-13-9-12/h11-13H,2-9H2,1H3. The summed E-state index contributed by atoms with van der Waals surface area (Å²) in [6.45, 7) is 5.35. The van der Waals surface area contributed by atoms with Crippen molar-refractivity contribution in [3.63, 3.8) is 0 Å². The Morgan fingerprint density at radius 3 is 2.56 bits per heavy atom. The van der Waals surface area contributed by atoms with E-state index in [0.29, 0.717) is 12.1 Å². The molecule has 0 aromatic carbocycles. The molecule has 0 bridgehead atoms. The third-order valence-corrected chi connectivity index (χ3v) is 3.61. The molecule has 92 valence electrons. The molecule has 0 aromatic heterocycles. The minimum atomic E-state index is 0.223. The zero-order chi connectivity index (χ0) is 11.4. The first-order valence-corrected chi connectivity index (χ1v) is 6.36. The van der Waals surface area contributed by atoms with Gasteiger partial charge in [0.25, 0.3) is 0 Å². The number of rotatable bonds is 2. The average Bonchev–Trinajstić information content (AvgIpc) is 2.31. The fourth-order valence-electron chi connectivity index (χ4n) is 2.85. The first kappa shape index (κ1) is 11.9. The molecule has 0 radical (unpaired) electrons. The van der Waals surface area contributed by atoms with Crippen molar-refractivity contribution in [2.24, 2.45) is 0 Å². The minimum Gasteiger partial charge on any atom is -0.381 e. The topological polar surface area (TPSA) is 41.6 Å². The quantitative estimate of drug-likeness (QED) is 0.756. The molecule has 0 saturated carbocycles. The van der Waals surface area contributed by atoms with E-state index in [1.807, 2.05) is 0 Å². The van der Waals surface area contributed by atoms with Crippen molar-refractivity contribution in [1.29, 1.82) is 0 Å². The van der Waals surface area contributed by atoms with E-state index in [1.165, 1.54) is 6.42 Å². The number of nitrogens with one attached hydrogen (secondary N) is 1. The number of hydrogen-bond acceptors (Lipinski definition) is 3. The lowest BCUT2D eigenvalue weighted by Gasteiger charge is -2.41. The van der Waals surface area contributed by atoms with Crippen LogP contribution in [0.3, 0.4) is 0 Å². The predicted octanol–water partition coefficient (Wildman–Crippen LogP) is 0.766. The normalized spacial score (nSPS) is 27.7. The van der Waals surface area contributed by atoms with Gasteiger partial charge in [-0.05, 0) is 32.2 Å². The molecule has 2 saturated heterocycles. The van der Waals surface area contributed by atoms with Crippen LogP contribution in [0.25, 0.3) is 0 Å². The molecule has 4 nitrogen and oxygen atoms in total. The molecule has 1 atom stereocenters. The fourth-order valence-corrected chi connectivity index (χ4v) is 2.85. The van der Waals surface area contributed by atoms with Crippen molar-refractivity contribution in [1.82, 2.24) is 10.2 Å². The summed E-state index contributed by atoms with van der Waals surface area (Å²) in [6.07, 6.45) is 4.31. The highest BCUT2D eigenvalue weighted by atomic mass is 16.5. The highest BCUT2D eigenvalue weighted by Gasteiger charge is 2.30. The summed E-state index contributed by atoms with van der Waals surface area (Å²) >= 11 is 0. The van der Waals surface area contributed by atoms with Gasteiger partial charge in [0.15, 0.2) is 0 Å². The molecule has 2 heterocycles. The number of nitrogens with zero attached hydrogens (tertiary/aromatic N) is 1. The molecule has 0 aliphatic carbocycles. The maximum atomic E-state index is 11.8. The summed E-state index contributed by atoms with van der Waals surface area (Å²) in [7, 11) is 0. The van der Waals surface area contributed by atoms with E-state index >= 15 is 0 Å². The molecule has 1 amide bonds. The second-order valence-electron chi connectivity index (χ2n) is 4.77. The van der Waals surface area contributed by atoms with Crippen LogP contribution in [0.4, 0.5) is 0 Å². The van der Waals surface area contributed by atoms with Crippen LogP contribution >= 0.6 is 0 Å². The van der Waals surface area contributed by atoms with E-state index < -0.39 is 0 Å². The van der Waals surface area contributed by atoms with E-state index in [9.17, 15) is 4.79 Å². The van der Waals surface area contributed by atoms with E-state index in [4.69, 9.17) is 4.74 Å². The first-order chi connectivity index (χ1) is 7.79. The van der Waals surface area contributed by atoms with Crippen molar-refractivity contribution < 1.29 is 9.53 Å². The molecule has 4 heteroatoms. The van der Waals surface area contributed by atoms with Crippen molar-refractivity contribution >= 4 is 5.91 Å². The van der Waals surface area contributed by atoms with E-state index in [-0.39, 0.29) is 5.91 Å². The number of ether oxygens (including phenoxy) is 1. The van der Waals surface area contributed by atoms with Gasteiger partial charge >= 0.3 is 0 Å². The van der Waals surface area contributed by atoms with Gasteiger partial charge in [-0.25, -0.2) is 0 Å². The number of hydrogen-bond donors (Lipinski definition) is 1. The highest BCUT2D eigenvalue weighted by Crippen LogP contribution is 2.20. The Kier molecular flexibility index (Phi) is 4.18. The number of piperidine rings is 1. The lowest BCUT2D eigenvalue weighted by Crippen LogP contribution is -2.53. The van der Waals surface area contributed by atoms with Crippen LogP contribution in [-0.2, 0) is 9.53 Å². The summed E-state index contributed by atoms with van der Waals surface area (Å²) in [4.78, 5) is 13.9. The molecule has 0 spiro atoms. The molecular weight excluding hydrogens is 204 g/mol. The zero-order valence-electron chi connectivity index (χ0n) is 10.1. The molecular formula is C12H22N2O2. The van der Waals surface area contributed by atoms with Crippen LogP contribution in [0.2, 0.25) is 0 Å². The zero-order valence-corrected chi connectivity index (χ0v) is 10.1. The van der Waals surface area contributed by atoms with Crippen molar-refractivity contribution in [3.8, 4) is 0 Å². The van der Waals surface area contributed by atoms with E-state index in [2.05, 4.69) is 10.2 Å². The van der Waals surface area contributed by atoms with Gasteiger partial charge in [-0.1, -0.05) is 0 Å². The maximum Gasteiger partial charge on any atom is 0.219 e. The third kappa shape index (κ3) is 2.74. The van der Waals surface area contributed by atoms with Crippen LogP contribution < -0.4 is 5.32 Å². The summed E-state index contributed by atoms with van der Waals surface area (Å²) in [5, 5.41) is 3.38. The molecule has 1 N–H and O–H groups in total. The van der Waals surface area contributed by atoms with Gasteiger partial charge in [0.1, 0.15) is 0 Å². The molecule has 0 aromatic rings. The van der Waals surface area contributed by atoms with Crippen LogP contribution in [0.5, 0.6) is 0 Å². The number of carbonyl (C=O) groups excluding carboxylic acids is 1. The molecule has 2 aliphatic rings. The van der Waals surface area contributed by atoms with Gasteiger partial charge in [-0.3, -0.25) is 4.79 Å². The van der Waals surface area contributed by atoms with Crippen molar-refractivity contribution in [2.45, 2.75) is 44.7 Å². The fraction of sp³-hybridized carbons (Fsp3) is 0.917. The Morgan fingerprint density at radius 1 is 1.25 bits per heavy atom. The van der Waals surface area contributed by atoms with Gasteiger partial charge in [0, 0.05) is 38.8 Å². The molecule has 1 unspecified atom stereocenters. The Labute approximate surface area is 97.3 Å². The number of carbonyl (C=O) groups is 1. The summed E-state index contributed by atoms with van der Waals surface area (Å²) < 4.78 is 5.36. The van der Waals surface area contributed by atoms with Crippen LogP contribution in [0.1, 0.15) is 32.6 Å². The number of amides is 1. The van der Waals surface area contributed by atoms with Gasteiger partial charge < -0.3 is 15.0 Å². The monoisotopic (exact) mass is 226 g/mol. The SMILES string of the molecule is CC(=O)N(C1CCOCC1)C1CCCNC1. The third-order valence-electron chi connectivity index (χ3n) is 3.61. The predicted molar refractivity (Wildman–Crippen MR) is 62.3 cm³/mol. The average molecular weight is 226 g/mol. The van der Waals surface area contributed by atoms with Gasteiger partial charge in [-0.2, -0.15) is 0 Å².